The molecule has 0 aliphatic carbocycles. The first-order valence-corrected chi connectivity index (χ1v) is 11.2. The number of rotatable bonds is 4. The second kappa shape index (κ2) is 6.68. The molecule has 1 aliphatic rings. The first kappa shape index (κ1) is 18.7. The molecule has 5 nitrogen and oxygen atoms in total. The third kappa shape index (κ3) is 4.05. The lowest BCUT2D eigenvalue weighted by atomic mass is 9.97. The Balaban J connectivity index is 2.08. The molecule has 1 heterocycles. The highest BCUT2D eigenvalue weighted by molar-refractivity contribution is 6.74. The number of hydrogen-bond acceptors (Lipinski definition) is 3. The fraction of sp³-hybridized carbons (Fsp3) is 0.556. The van der Waals surface area contributed by atoms with Crippen molar-refractivity contribution in [3.63, 3.8) is 0 Å². The number of nitrogens with zero attached hydrogens (tertiary/aromatic N) is 1. The van der Waals surface area contributed by atoms with Crippen LogP contribution in [0, 0.1) is 0 Å². The van der Waals surface area contributed by atoms with Gasteiger partial charge in [-0.1, -0.05) is 45.0 Å². The molecule has 1 aliphatic heterocycles. The normalized spacial score (nSPS) is 19.0. The highest BCUT2D eigenvalue weighted by atomic mass is 28.4. The van der Waals surface area contributed by atoms with Crippen LogP contribution in [0.3, 0.4) is 0 Å². The first-order valence-electron chi connectivity index (χ1n) is 8.27. The smallest absolute Gasteiger partial charge is 0.414 e. The summed E-state index contributed by atoms with van der Waals surface area (Å²) in [5.74, 6) is -0.392. The molecule has 1 fully saturated rings. The predicted molar refractivity (Wildman–Crippen MR) is 95.5 cm³/mol. The second-order valence-corrected chi connectivity index (χ2v) is 12.8. The lowest BCUT2D eigenvalue weighted by Gasteiger charge is -2.36. The molecule has 1 unspecified atom stereocenters. The Morgan fingerprint density at radius 2 is 2.04 bits per heavy atom. The van der Waals surface area contributed by atoms with E-state index >= 15 is 0 Å². The lowest BCUT2D eigenvalue weighted by molar-refractivity contribution is -0.125. The number of carbonyl (C=O) groups excluding carboxylic acids is 1. The average molecular weight is 350 g/mol. The van der Waals surface area contributed by atoms with Crippen LogP contribution in [0.15, 0.2) is 24.3 Å². The van der Waals surface area contributed by atoms with Gasteiger partial charge in [-0.05, 0) is 29.3 Å². The summed E-state index contributed by atoms with van der Waals surface area (Å²) in [5.41, 5.74) is 2.07. The minimum absolute atomic E-state index is 0.0681. The molecular weight excluding hydrogens is 322 g/mol. The molecule has 6 heteroatoms. The Hall–Kier alpha value is -1.66. The van der Waals surface area contributed by atoms with E-state index < -0.39 is 14.4 Å². The maximum atomic E-state index is 11.8. The van der Waals surface area contributed by atoms with Gasteiger partial charge in [0.15, 0.2) is 8.32 Å². The molecule has 0 radical (unpaired) electrons. The van der Waals surface area contributed by atoms with Gasteiger partial charge in [-0.3, -0.25) is 4.79 Å². The van der Waals surface area contributed by atoms with Gasteiger partial charge in [0.2, 0.25) is 5.91 Å². The topological polar surface area (TPSA) is 66.8 Å². The minimum Gasteiger partial charge on any atom is -0.465 e. The highest BCUT2D eigenvalue weighted by Gasteiger charge is 2.37. The molecule has 1 saturated heterocycles. The fourth-order valence-electron chi connectivity index (χ4n) is 2.53. The third-order valence-corrected chi connectivity index (χ3v) is 9.66. The van der Waals surface area contributed by atoms with Crippen molar-refractivity contribution in [2.45, 2.75) is 57.8 Å². The summed E-state index contributed by atoms with van der Waals surface area (Å²) in [6.45, 7) is 11.9. The zero-order valence-corrected chi connectivity index (χ0v) is 16.1. The first-order chi connectivity index (χ1) is 11.0. The standard InChI is InChI=1S/C18H27NO4Si/c1-18(2,3)24(4,5)23-12-13-7-6-8-14(9-13)15-10-16(20)19(11-15)17(21)22/h6-9,15H,10-12H2,1-5H3,(H,21,22). The van der Waals surface area contributed by atoms with Crippen molar-refractivity contribution in [2.75, 3.05) is 6.54 Å². The maximum absolute atomic E-state index is 11.8. The average Bonchev–Trinajstić information content (AvgIpc) is 2.87. The summed E-state index contributed by atoms with van der Waals surface area (Å²) in [7, 11) is -1.81. The van der Waals surface area contributed by atoms with Crippen molar-refractivity contribution in [3.8, 4) is 0 Å². The molecule has 0 saturated carbocycles. The van der Waals surface area contributed by atoms with Crippen LogP contribution in [-0.4, -0.2) is 36.9 Å². The largest absolute Gasteiger partial charge is 0.465 e. The van der Waals surface area contributed by atoms with Crippen LogP contribution in [0.5, 0.6) is 0 Å². The predicted octanol–water partition coefficient (Wildman–Crippen LogP) is 4.20. The zero-order chi connectivity index (χ0) is 18.1. The van der Waals surface area contributed by atoms with E-state index in [2.05, 4.69) is 33.9 Å². The van der Waals surface area contributed by atoms with Gasteiger partial charge in [0, 0.05) is 18.9 Å². The molecule has 132 valence electrons. The van der Waals surface area contributed by atoms with Gasteiger partial charge in [-0.25, -0.2) is 9.69 Å². The number of carbonyl (C=O) groups is 2. The molecule has 1 atom stereocenters. The van der Waals surface area contributed by atoms with Gasteiger partial charge in [0.25, 0.3) is 0 Å². The van der Waals surface area contributed by atoms with Gasteiger partial charge in [-0.2, -0.15) is 0 Å². The van der Waals surface area contributed by atoms with E-state index in [1.54, 1.807) is 0 Å². The van der Waals surface area contributed by atoms with Crippen molar-refractivity contribution in [1.29, 1.82) is 0 Å². The Bertz CT molecular complexity index is 636. The molecule has 2 rings (SSSR count). The summed E-state index contributed by atoms with van der Waals surface area (Å²) in [6.07, 6.45) is -0.918. The second-order valence-electron chi connectivity index (χ2n) is 7.98. The van der Waals surface area contributed by atoms with E-state index in [1.807, 2.05) is 24.3 Å². The summed E-state index contributed by atoms with van der Waals surface area (Å²) in [5, 5.41) is 9.20. The van der Waals surface area contributed by atoms with Crippen molar-refractivity contribution >= 4 is 20.3 Å². The Morgan fingerprint density at radius 3 is 2.58 bits per heavy atom. The van der Waals surface area contributed by atoms with E-state index in [1.165, 1.54) is 0 Å². The Morgan fingerprint density at radius 1 is 1.38 bits per heavy atom. The van der Waals surface area contributed by atoms with Gasteiger partial charge < -0.3 is 9.53 Å². The molecule has 2 amide bonds. The summed E-state index contributed by atoms with van der Waals surface area (Å²) >= 11 is 0. The molecule has 1 aromatic rings. The van der Waals surface area contributed by atoms with Crippen LogP contribution in [0.1, 0.15) is 44.2 Å². The van der Waals surface area contributed by atoms with Crippen molar-refractivity contribution in [1.82, 2.24) is 4.90 Å². The zero-order valence-electron chi connectivity index (χ0n) is 15.1. The monoisotopic (exact) mass is 349 g/mol. The molecule has 1 aromatic carbocycles. The Labute approximate surface area is 144 Å². The molecule has 1 N–H and O–H groups in total. The van der Waals surface area contributed by atoms with Gasteiger partial charge in [0.05, 0.1) is 6.61 Å². The third-order valence-electron chi connectivity index (χ3n) is 5.18. The van der Waals surface area contributed by atoms with Crippen LogP contribution < -0.4 is 0 Å². The minimum atomic E-state index is -1.81. The molecule has 0 spiro atoms. The molecule has 0 aromatic heterocycles. The number of benzene rings is 1. The molecular formula is C18H27NO4Si. The number of hydrogen-bond donors (Lipinski definition) is 1. The van der Waals surface area contributed by atoms with Crippen molar-refractivity contribution < 1.29 is 19.1 Å². The number of amides is 2. The van der Waals surface area contributed by atoms with Crippen LogP contribution in [-0.2, 0) is 15.8 Å². The van der Waals surface area contributed by atoms with Crippen molar-refractivity contribution in [2.24, 2.45) is 0 Å². The highest BCUT2D eigenvalue weighted by Crippen LogP contribution is 2.37. The van der Waals surface area contributed by atoms with Gasteiger partial charge in [0.1, 0.15) is 0 Å². The van der Waals surface area contributed by atoms with Gasteiger partial charge in [-0.15, -0.1) is 0 Å². The lowest BCUT2D eigenvalue weighted by Crippen LogP contribution is -2.40. The SMILES string of the molecule is CC(C)(C)[Si](C)(C)OCc1cccc(C2CC(=O)N(C(=O)O)C2)c1. The fourth-order valence-corrected chi connectivity index (χ4v) is 3.49. The van der Waals surface area contributed by atoms with Crippen LogP contribution in [0.25, 0.3) is 0 Å². The van der Waals surface area contributed by atoms with Crippen LogP contribution >= 0.6 is 0 Å². The van der Waals surface area contributed by atoms with E-state index in [0.29, 0.717) is 6.61 Å². The quantitative estimate of drug-likeness (QED) is 0.827. The molecule has 24 heavy (non-hydrogen) atoms. The molecule has 0 bridgehead atoms. The number of imide groups is 1. The maximum Gasteiger partial charge on any atom is 0.414 e. The number of carboxylic acid groups (broad SMARTS) is 1. The van der Waals surface area contributed by atoms with E-state index in [4.69, 9.17) is 9.53 Å². The van der Waals surface area contributed by atoms with E-state index in [0.717, 1.165) is 16.0 Å². The Kier molecular flexibility index (Phi) is 5.20. The van der Waals surface area contributed by atoms with Gasteiger partial charge >= 0.3 is 6.09 Å². The summed E-state index contributed by atoms with van der Waals surface area (Å²) < 4.78 is 6.25. The van der Waals surface area contributed by atoms with Crippen LogP contribution in [0.2, 0.25) is 18.1 Å². The van der Waals surface area contributed by atoms with E-state index in [9.17, 15) is 9.59 Å². The summed E-state index contributed by atoms with van der Waals surface area (Å²) in [6, 6.07) is 7.96. The summed E-state index contributed by atoms with van der Waals surface area (Å²) in [4.78, 5) is 23.7. The number of likely N-dealkylation sites (tertiary alicyclic amines) is 1. The van der Waals surface area contributed by atoms with Crippen LogP contribution in [0.4, 0.5) is 4.79 Å². The van der Waals surface area contributed by atoms with E-state index in [-0.39, 0.29) is 29.8 Å². The van der Waals surface area contributed by atoms with Crippen molar-refractivity contribution in [3.05, 3.63) is 35.4 Å².